The molecule has 17 heavy (non-hydrogen) atoms. The molecule has 1 saturated heterocycles. The molecule has 0 spiro atoms. The molecule has 4 nitrogen and oxygen atoms in total. The van der Waals surface area contributed by atoms with Crippen LogP contribution >= 0.6 is 0 Å². The monoisotopic (exact) mass is 256 g/mol. The Bertz CT molecular complexity index is 393. The van der Waals surface area contributed by atoms with Gasteiger partial charge in [-0.05, 0) is 25.2 Å². The first-order chi connectivity index (χ1) is 8.11. The molecule has 0 radical (unpaired) electrons. The van der Waals surface area contributed by atoms with Gasteiger partial charge in [0, 0.05) is 6.04 Å². The maximum Gasteiger partial charge on any atom is 0.151 e. The van der Waals surface area contributed by atoms with Crippen molar-refractivity contribution in [3.63, 3.8) is 0 Å². The third-order valence-corrected chi connectivity index (χ3v) is 5.68. The van der Waals surface area contributed by atoms with Crippen molar-refractivity contribution in [2.45, 2.75) is 50.6 Å². The standard InChI is InChI=1S/C12H20N2O2S/c13-8-12(10-4-2-1-3-5-10)14-11-6-7-17(15,16)9-11/h10-12,14H,1-7,9H2. The van der Waals surface area contributed by atoms with E-state index in [9.17, 15) is 13.7 Å². The average molecular weight is 256 g/mol. The second kappa shape index (κ2) is 5.36. The highest BCUT2D eigenvalue weighted by Gasteiger charge is 2.32. The second-order valence-corrected chi connectivity index (χ2v) is 7.50. The maximum atomic E-state index is 11.4. The van der Waals surface area contributed by atoms with Gasteiger partial charge in [-0.3, -0.25) is 5.32 Å². The summed E-state index contributed by atoms with van der Waals surface area (Å²) in [5, 5.41) is 12.5. The van der Waals surface area contributed by atoms with Crippen LogP contribution in [0, 0.1) is 17.2 Å². The van der Waals surface area contributed by atoms with Crippen molar-refractivity contribution in [2.75, 3.05) is 11.5 Å². The van der Waals surface area contributed by atoms with Gasteiger partial charge in [-0.1, -0.05) is 19.3 Å². The molecule has 0 aromatic carbocycles. The molecule has 2 atom stereocenters. The van der Waals surface area contributed by atoms with Crippen LogP contribution in [0.1, 0.15) is 38.5 Å². The molecular weight excluding hydrogens is 236 g/mol. The molecule has 1 aliphatic carbocycles. The van der Waals surface area contributed by atoms with Gasteiger partial charge in [0.25, 0.3) is 0 Å². The van der Waals surface area contributed by atoms with Gasteiger partial charge in [0.1, 0.15) is 0 Å². The van der Waals surface area contributed by atoms with E-state index in [1.807, 2.05) is 0 Å². The van der Waals surface area contributed by atoms with Crippen LogP contribution in [0.15, 0.2) is 0 Å². The minimum Gasteiger partial charge on any atom is -0.298 e. The van der Waals surface area contributed by atoms with Gasteiger partial charge in [0.15, 0.2) is 9.84 Å². The van der Waals surface area contributed by atoms with E-state index in [0.717, 1.165) is 12.8 Å². The maximum absolute atomic E-state index is 11.4. The SMILES string of the molecule is N#CC(NC1CCS(=O)(=O)C1)C1CCCCC1. The van der Waals surface area contributed by atoms with Gasteiger partial charge in [-0.15, -0.1) is 0 Å². The van der Waals surface area contributed by atoms with Crippen LogP contribution in [0.5, 0.6) is 0 Å². The van der Waals surface area contributed by atoms with E-state index in [4.69, 9.17) is 0 Å². The van der Waals surface area contributed by atoms with Crippen molar-refractivity contribution in [3.8, 4) is 6.07 Å². The normalized spacial score (nSPS) is 30.9. The Morgan fingerprint density at radius 2 is 1.88 bits per heavy atom. The highest BCUT2D eigenvalue weighted by Crippen LogP contribution is 2.27. The van der Waals surface area contributed by atoms with Crippen LogP contribution in [-0.4, -0.2) is 32.0 Å². The fraction of sp³-hybridized carbons (Fsp3) is 0.917. The largest absolute Gasteiger partial charge is 0.298 e. The van der Waals surface area contributed by atoms with Crippen molar-refractivity contribution in [2.24, 2.45) is 5.92 Å². The summed E-state index contributed by atoms with van der Waals surface area (Å²) in [6.07, 6.45) is 6.54. The Balaban J connectivity index is 1.90. The van der Waals surface area contributed by atoms with E-state index < -0.39 is 9.84 Å². The Labute approximate surface area is 103 Å². The minimum atomic E-state index is -2.85. The first-order valence-electron chi connectivity index (χ1n) is 6.47. The smallest absolute Gasteiger partial charge is 0.151 e. The van der Waals surface area contributed by atoms with Gasteiger partial charge in [-0.2, -0.15) is 5.26 Å². The summed E-state index contributed by atoms with van der Waals surface area (Å²) in [5.74, 6) is 0.892. The molecule has 1 heterocycles. The van der Waals surface area contributed by atoms with Gasteiger partial charge in [0.2, 0.25) is 0 Å². The van der Waals surface area contributed by atoms with Crippen molar-refractivity contribution in [1.82, 2.24) is 5.32 Å². The quantitative estimate of drug-likeness (QED) is 0.824. The second-order valence-electron chi connectivity index (χ2n) is 5.27. The topological polar surface area (TPSA) is 70.0 Å². The van der Waals surface area contributed by atoms with E-state index >= 15 is 0 Å². The molecule has 0 bridgehead atoms. The molecule has 0 aromatic rings. The zero-order chi connectivity index (χ0) is 12.3. The fourth-order valence-electron chi connectivity index (χ4n) is 2.93. The summed E-state index contributed by atoms with van der Waals surface area (Å²) >= 11 is 0. The van der Waals surface area contributed by atoms with Crippen molar-refractivity contribution >= 4 is 9.84 Å². The van der Waals surface area contributed by atoms with Gasteiger partial charge >= 0.3 is 0 Å². The lowest BCUT2D eigenvalue weighted by atomic mass is 9.84. The van der Waals surface area contributed by atoms with Crippen LogP contribution in [0.2, 0.25) is 0 Å². The number of nitrogens with one attached hydrogen (secondary N) is 1. The molecule has 96 valence electrons. The molecule has 5 heteroatoms. The minimum absolute atomic E-state index is 0.00780. The zero-order valence-electron chi connectivity index (χ0n) is 10.1. The van der Waals surface area contributed by atoms with Crippen LogP contribution in [-0.2, 0) is 9.84 Å². The predicted molar refractivity (Wildman–Crippen MR) is 66.2 cm³/mol. The van der Waals surface area contributed by atoms with Gasteiger partial charge < -0.3 is 0 Å². The van der Waals surface area contributed by atoms with Crippen molar-refractivity contribution in [1.29, 1.82) is 5.26 Å². The predicted octanol–water partition coefficient (Wildman–Crippen LogP) is 1.24. The summed E-state index contributed by atoms with van der Waals surface area (Å²) in [5.41, 5.74) is 0. The van der Waals surface area contributed by atoms with E-state index in [1.54, 1.807) is 0 Å². The first-order valence-corrected chi connectivity index (χ1v) is 8.29. The Morgan fingerprint density at radius 3 is 2.41 bits per heavy atom. The first kappa shape index (κ1) is 12.8. The van der Waals surface area contributed by atoms with E-state index in [0.29, 0.717) is 12.3 Å². The van der Waals surface area contributed by atoms with Crippen LogP contribution < -0.4 is 5.32 Å². The van der Waals surface area contributed by atoms with Crippen molar-refractivity contribution in [3.05, 3.63) is 0 Å². The lowest BCUT2D eigenvalue weighted by Crippen LogP contribution is -2.43. The molecule has 0 aromatic heterocycles. The number of hydrogen-bond donors (Lipinski definition) is 1. The number of nitriles is 1. The lowest BCUT2D eigenvalue weighted by molar-refractivity contribution is 0.292. The van der Waals surface area contributed by atoms with Crippen LogP contribution in [0.3, 0.4) is 0 Å². The average Bonchev–Trinajstić information content (AvgIpc) is 2.67. The lowest BCUT2D eigenvalue weighted by Gasteiger charge is -2.28. The molecule has 1 aliphatic heterocycles. The fourth-order valence-corrected chi connectivity index (χ4v) is 4.61. The Kier molecular flexibility index (Phi) is 4.05. The molecule has 2 unspecified atom stereocenters. The number of hydrogen-bond acceptors (Lipinski definition) is 4. The van der Waals surface area contributed by atoms with Crippen LogP contribution in [0.25, 0.3) is 0 Å². The highest BCUT2D eigenvalue weighted by molar-refractivity contribution is 7.91. The van der Waals surface area contributed by atoms with Gasteiger partial charge in [-0.25, -0.2) is 8.42 Å². The molecule has 1 N–H and O–H groups in total. The van der Waals surface area contributed by atoms with Crippen molar-refractivity contribution < 1.29 is 8.42 Å². The Hall–Kier alpha value is -0.600. The highest BCUT2D eigenvalue weighted by atomic mass is 32.2. The zero-order valence-corrected chi connectivity index (χ0v) is 10.9. The van der Waals surface area contributed by atoms with E-state index in [2.05, 4.69) is 11.4 Å². The number of nitrogens with zero attached hydrogens (tertiary/aromatic N) is 1. The van der Waals surface area contributed by atoms with Crippen LogP contribution in [0.4, 0.5) is 0 Å². The number of sulfone groups is 1. The van der Waals surface area contributed by atoms with Gasteiger partial charge in [0.05, 0.1) is 23.6 Å². The molecule has 2 fully saturated rings. The summed E-state index contributed by atoms with van der Waals surface area (Å²) in [7, 11) is -2.85. The summed E-state index contributed by atoms with van der Waals surface area (Å²) in [6.45, 7) is 0. The molecule has 1 saturated carbocycles. The summed E-state index contributed by atoms with van der Waals surface area (Å²) in [6, 6.07) is 2.15. The Morgan fingerprint density at radius 1 is 1.18 bits per heavy atom. The van der Waals surface area contributed by atoms with E-state index in [1.165, 1.54) is 19.3 Å². The molecule has 2 rings (SSSR count). The number of rotatable bonds is 3. The molecular formula is C12H20N2O2S. The van der Waals surface area contributed by atoms with E-state index in [-0.39, 0.29) is 23.6 Å². The third-order valence-electron chi connectivity index (χ3n) is 3.91. The molecule has 0 amide bonds. The summed E-state index contributed by atoms with van der Waals surface area (Å²) < 4.78 is 22.7. The molecule has 2 aliphatic rings. The summed E-state index contributed by atoms with van der Waals surface area (Å²) in [4.78, 5) is 0. The third kappa shape index (κ3) is 3.43.